The lowest BCUT2D eigenvalue weighted by Crippen LogP contribution is -2.52. The third-order valence-corrected chi connectivity index (χ3v) is 6.81. The Morgan fingerprint density at radius 1 is 1.26 bits per heavy atom. The van der Waals surface area contributed by atoms with Gasteiger partial charge < -0.3 is 14.5 Å². The zero-order valence-corrected chi connectivity index (χ0v) is 18.0. The topological polar surface area (TPSA) is 86.9 Å². The number of nitrogens with zero attached hydrogens (tertiary/aromatic N) is 5. The number of hydrogen-bond donors (Lipinski definition) is 0. The molecule has 2 atom stereocenters. The van der Waals surface area contributed by atoms with Gasteiger partial charge in [0, 0.05) is 33.2 Å². The molecule has 2 unspecified atom stereocenters. The molecular formula is C23H27N5O3. The molecule has 8 heteroatoms. The summed E-state index contributed by atoms with van der Waals surface area (Å²) < 4.78 is 5.60. The van der Waals surface area contributed by atoms with Gasteiger partial charge in [0.25, 0.3) is 11.8 Å². The fourth-order valence-electron chi connectivity index (χ4n) is 4.60. The van der Waals surface area contributed by atoms with Crippen molar-refractivity contribution in [2.45, 2.75) is 37.8 Å². The van der Waals surface area contributed by atoms with Crippen molar-refractivity contribution in [2.75, 3.05) is 33.4 Å². The molecule has 0 radical (unpaired) electrons. The van der Waals surface area contributed by atoms with Crippen LogP contribution in [-0.2, 0) is 14.3 Å². The molecule has 1 saturated carbocycles. The van der Waals surface area contributed by atoms with Crippen LogP contribution >= 0.6 is 0 Å². The molecule has 1 saturated heterocycles. The molecule has 5 rings (SSSR count). The average Bonchev–Trinajstić information content (AvgIpc) is 3.27. The predicted octanol–water partition coefficient (Wildman–Crippen LogP) is 0.156. The van der Waals surface area contributed by atoms with Gasteiger partial charge in [0.15, 0.2) is 0 Å². The van der Waals surface area contributed by atoms with Crippen molar-refractivity contribution in [3.63, 3.8) is 0 Å². The Morgan fingerprint density at radius 3 is 2.81 bits per heavy atom. The molecule has 31 heavy (non-hydrogen) atoms. The Hall–Kier alpha value is -2.87. The number of likely N-dealkylation sites (N-methyl/N-ethyl adjacent to an activating group) is 1. The lowest BCUT2D eigenvalue weighted by molar-refractivity contribution is -0.132. The number of rotatable bonds is 6. The molecule has 2 fully saturated rings. The maximum absolute atomic E-state index is 13.3. The third kappa shape index (κ3) is 3.48. The second-order valence-electron chi connectivity index (χ2n) is 8.69. The second-order valence-corrected chi connectivity index (χ2v) is 8.69. The van der Waals surface area contributed by atoms with Crippen molar-refractivity contribution >= 4 is 29.3 Å². The lowest BCUT2D eigenvalue weighted by atomic mass is 9.90. The van der Waals surface area contributed by atoms with E-state index in [1.54, 1.807) is 9.80 Å². The number of carbonyl (C=O) groups excluding carboxylic acids is 2. The zero-order valence-electron chi connectivity index (χ0n) is 18.0. The van der Waals surface area contributed by atoms with E-state index in [-0.39, 0.29) is 23.3 Å². The molecule has 0 N–H and O–H groups in total. The van der Waals surface area contributed by atoms with Gasteiger partial charge in [-0.25, -0.2) is 0 Å². The van der Waals surface area contributed by atoms with Crippen molar-refractivity contribution in [1.82, 2.24) is 9.80 Å². The van der Waals surface area contributed by atoms with Gasteiger partial charge in [0.1, 0.15) is 11.8 Å². The molecule has 0 bridgehead atoms. The number of amides is 2. The lowest BCUT2D eigenvalue weighted by Gasteiger charge is -2.34. The number of fused-ring (bicyclic) bond motifs is 2. The van der Waals surface area contributed by atoms with Crippen molar-refractivity contribution < 1.29 is 14.3 Å². The van der Waals surface area contributed by atoms with Gasteiger partial charge in [-0.05, 0) is 37.1 Å². The van der Waals surface area contributed by atoms with Crippen LogP contribution in [0.5, 0.6) is 0 Å². The van der Waals surface area contributed by atoms with E-state index in [1.165, 1.54) is 0 Å². The maximum atomic E-state index is 13.3. The second kappa shape index (κ2) is 7.67. The first-order valence-corrected chi connectivity index (χ1v) is 11.0. The molecule has 1 aromatic rings. The van der Waals surface area contributed by atoms with Crippen LogP contribution in [0.2, 0.25) is 0 Å². The molecular weight excluding hydrogens is 394 g/mol. The van der Waals surface area contributed by atoms with Crippen LogP contribution in [0.15, 0.2) is 39.5 Å². The standard InChI is InChI=1S/C23H27N5O3/c1-3-31-14-23(9-10-23)27(2)22(30)20-16-13-28(11-8-18(16)25-26-20)21(29)19-12-15-6-4-5-7-17(15)24-19/h4-7,12,16,19H,3,8-11,13-14H2,1-2H3. The molecule has 0 spiro atoms. The molecule has 3 heterocycles. The van der Waals surface area contributed by atoms with Gasteiger partial charge in [0.05, 0.1) is 29.1 Å². The summed E-state index contributed by atoms with van der Waals surface area (Å²) in [4.78, 5) is 34.6. The van der Waals surface area contributed by atoms with Crippen molar-refractivity contribution in [3.8, 4) is 0 Å². The first-order valence-electron chi connectivity index (χ1n) is 11.0. The highest BCUT2D eigenvalue weighted by Crippen LogP contribution is 2.41. The van der Waals surface area contributed by atoms with E-state index in [9.17, 15) is 9.59 Å². The molecule has 3 aliphatic heterocycles. The molecule has 1 aliphatic carbocycles. The smallest absolute Gasteiger partial charge is 0.271 e. The van der Waals surface area contributed by atoms with E-state index in [0.717, 1.165) is 29.1 Å². The SMILES string of the molecule is CCOCC1(N(C)C(=O)C2=NN=C3CCN(C(=O)C4C=c5ccccc5=N4)CC32)CC1. The molecule has 162 valence electrons. The molecule has 2 amide bonds. The minimum Gasteiger partial charge on any atom is -0.379 e. The van der Waals surface area contributed by atoms with E-state index in [1.807, 2.05) is 44.3 Å². The largest absolute Gasteiger partial charge is 0.379 e. The quantitative estimate of drug-likeness (QED) is 0.656. The highest BCUT2D eigenvalue weighted by Gasteiger charge is 2.51. The normalized spacial score (nSPS) is 24.9. The maximum Gasteiger partial charge on any atom is 0.271 e. The van der Waals surface area contributed by atoms with Gasteiger partial charge in [-0.3, -0.25) is 14.6 Å². The van der Waals surface area contributed by atoms with E-state index in [4.69, 9.17) is 4.74 Å². The van der Waals surface area contributed by atoms with Crippen molar-refractivity contribution in [2.24, 2.45) is 21.1 Å². The van der Waals surface area contributed by atoms with Crippen LogP contribution in [0.1, 0.15) is 26.2 Å². The number of benzene rings is 1. The van der Waals surface area contributed by atoms with Crippen molar-refractivity contribution in [3.05, 3.63) is 34.8 Å². The number of para-hydroxylation sites is 1. The minimum absolute atomic E-state index is 0.0303. The van der Waals surface area contributed by atoms with Gasteiger partial charge in [0.2, 0.25) is 0 Å². The highest BCUT2D eigenvalue weighted by molar-refractivity contribution is 6.44. The van der Waals surface area contributed by atoms with Crippen LogP contribution in [-0.4, -0.2) is 78.0 Å². The highest BCUT2D eigenvalue weighted by atomic mass is 16.5. The number of piperidine rings is 1. The van der Waals surface area contributed by atoms with Crippen LogP contribution in [0.25, 0.3) is 6.08 Å². The van der Waals surface area contributed by atoms with E-state index >= 15 is 0 Å². The molecule has 4 aliphatic rings. The third-order valence-electron chi connectivity index (χ3n) is 6.81. The molecule has 8 nitrogen and oxygen atoms in total. The first-order chi connectivity index (χ1) is 15.0. The summed E-state index contributed by atoms with van der Waals surface area (Å²) >= 11 is 0. The Kier molecular flexibility index (Phi) is 4.97. The summed E-state index contributed by atoms with van der Waals surface area (Å²) in [6.45, 7) is 4.13. The summed E-state index contributed by atoms with van der Waals surface area (Å²) in [6.07, 6.45) is 4.41. The van der Waals surface area contributed by atoms with Gasteiger partial charge in [-0.15, -0.1) is 5.10 Å². The zero-order chi connectivity index (χ0) is 21.6. The summed E-state index contributed by atoms with van der Waals surface area (Å²) in [6, 6.07) is 7.26. The minimum atomic E-state index is -0.503. The summed E-state index contributed by atoms with van der Waals surface area (Å²) in [5.41, 5.74) is 1.10. The Morgan fingerprint density at radius 2 is 2.06 bits per heavy atom. The van der Waals surface area contributed by atoms with Crippen LogP contribution in [0.3, 0.4) is 0 Å². The fourth-order valence-corrected chi connectivity index (χ4v) is 4.60. The summed E-state index contributed by atoms with van der Waals surface area (Å²) in [7, 11) is 1.82. The Labute approximate surface area is 181 Å². The predicted molar refractivity (Wildman–Crippen MR) is 116 cm³/mol. The Balaban J connectivity index is 1.29. The number of likely N-dealkylation sites (tertiary alicyclic amines) is 1. The van der Waals surface area contributed by atoms with E-state index in [0.29, 0.717) is 38.4 Å². The van der Waals surface area contributed by atoms with Gasteiger partial charge in [-0.2, -0.15) is 5.10 Å². The fraction of sp³-hybridized carbons (Fsp3) is 0.522. The average molecular weight is 422 g/mol. The summed E-state index contributed by atoms with van der Waals surface area (Å²) in [5, 5.41) is 10.4. The van der Waals surface area contributed by atoms with Gasteiger partial charge in [-0.1, -0.05) is 18.2 Å². The van der Waals surface area contributed by atoms with Gasteiger partial charge >= 0.3 is 0 Å². The first kappa shape index (κ1) is 20.1. The van der Waals surface area contributed by atoms with E-state index in [2.05, 4.69) is 15.2 Å². The Bertz CT molecular complexity index is 1070. The molecule has 0 aromatic heterocycles. The number of ether oxygens (including phenoxy) is 1. The van der Waals surface area contributed by atoms with Crippen LogP contribution < -0.4 is 10.6 Å². The number of hydrogen-bond acceptors (Lipinski definition) is 6. The monoisotopic (exact) mass is 421 g/mol. The van der Waals surface area contributed by atoms with Crippen molar-refractivity contribution in [1.29, 1.82) is 0 Å². The summed E-state index contributed by atoms with van der Waals surface area (Å²) in [5.74, 6) is -0.378. The molecule has 1 aromatic carbocycles. The van der Waals surface area contributed by atoms with Crippen LogP contribution in [0.4, 0.5) is 0 Å². The number of carbonyl (C=O) groups is 2. The van der Waals surface area contributed by atoms with Crippen LogP contribution in [0, 0.1) is 5.92 Å². The van der Waals surface area contributed by atoms with E-state index < -0.39 is 6.04 Å².